The van der Waals surface area contributed by atoms with Gasteiger partial charge in [0.1, 0.15) is 5.82 Å². The number of nitrogens with one attached hydrogen (secondary N) is 2. The number of aryl methyl sites for hydroxylation is 1. The van der Waals surface area contributed by atoms with E-state index in [1.54, 1.807) is 0 Å². The molecule has 0 spiro atoms. The Morgan fingerprint density at radius 1 is 1.50 bits per heavy atom. The fourth-order valence-corrected chi connectivity index (χ4v) is 2.65. The smallest absolute Gasteiger partial charge is 0.164 e. The third-order valence-electron chi connectivity index (χ3n) is 3.51. The summed E-state index contributed by atoms with van der Waals surface area (Å²) in [6.07, 6.45) is 4.22. The van der Waals surface area contributed by atoms with Gasteiger partial charge in [-0.05, 0) is 38.0 Å². The molecular formula is C10H16N4. The maximum absolute atomic E-state index is 4.28. The summed E-state index contributed by atoms with van der Waals surface area (Å²) < 4.78 is 0. The van der Waals surface area contributed by atoms with Crippen molar-refractivity contribution >= 4 is 0 Å². The van der Waals surface area contributed by atoms with Crippen molar-refractivity contribution in [1.82, 2.24) is 20.5 Å². The highest BCUT2D eigenvalue weighted by Gasteiger charge is 2.47. The molecule has 0 radical (unpaired) electrons. The van der Waals surface area contributed by atoms with Crippen molar-refractivity contribution < 1.29 is 0 Å². The average molecular weight is 192 g/mol. The molecule has 76 valence electrons. The molecule has 4 heteroatoms. The van der Waals surface area contributed by atoms with E-state index in [4.69, 9.17) is 0 Å². The molecule has 4 nitrogen and oxygen atoms in total. The van der Waals surface area contributed by atoms with Crippen LogP contribution in [-0.2, 0) is 6.54 Å². The van der Waals surface area contributed by atoms with Crippen LogP contribution in [0.5, 0.6) is 0 Å². The first kappa shape index (κ1) is 8.41. The Morgan fingerprint density at radius 3 is 3.00 bits per heavy atom. The monoisotopic (exact) mass is 192 g/mol. The molecule has 0 bridgehead atoms. The fourth-order valence-electron chi connectivity index (χ4n) is 2.65. The minimum absolute atomic E-state index is 0.735. The Balaban J connectivity index is 1.54. The van der Waals surface area contributed by atoms with E-state index in [2.05, 4.69) is 20.5 Å². The second-order valence-electron chi connectivity index (χ2n) is 4.56. The molecule has 0 amide bonds. The van der Waals surface area contributed by atoms with Crippen LogP contribution in [0.25, 0.3) is 0 Å². The van der Waals surface area contributed by atoms with E-state index in [9.17, 15) is 0 Å². The van der Waals surface area contributed by atoms with Crippen molar-refractivity contribution in [3.63, 3.8) is 0 Å². The largest absolute Gasteiger partial charge is 0.307 e. The van der Waals surface area contributed by atoms with Crippen molar-refractivity contribution in [2.24, 2.45) is 11.8 Å². The molecule has 2 aliphatic rings. The number of aromatic nitrogens is 3. The maximum Gasteiger partial charge on any atom is 0.164 e. The van der Waals surface area contributed by atoms with Gasteiger partial charge in [-0.1, -0.05) is 0 Å². The van der Waals surface area contributed by atoms with Gasteiger partial charge in [-0.15, -0.1) is 0 Å². The molecule has 14 heavy (non-hydrogen) atoms. The van der Waals surface area contributed by atoms with Gasteiger partial charge in [-0.3, -0.25) is 5.10 Å². The molecule has 0 aromatic carbocycles. The molecule has 0 aliphatic heterocycles. The minimum atomic E-state index is 0.735. The lowest BCUT2D eigenvalue weighted by Crippen LogP contribution is -2.28. The van der Waals surface area contributed by atoms with Crippen LogP contribution < -0.4 is 5.32 Å². The minimum Gasteiger partial charge on any atom is -0.307 e. The van der Waals surface area contributed by atoms with Crippen LogP contribution >= 0.6 is 0 Å². The predicted molar refractivity (Wildman–Crippen MR) is 52.6 cm³/mol. The van der Waals surface area contributed by atoms with Crippen molar-refractivity contribution in [1.29, 1.82) is 0 Å². The van der Waals surface area contributed by atoms with Crippen LogP contribution in [0, 0.1) is 18.8 Å². The van der Waals surface area contributed by atoms with Gasteiger partial charge in [-0.25, -0.2) is 4.98 Å². The lowest BCUT2D eigenvalue weighted by atomic mass is 10.2. The third-order valence-corrected chi connectivity index (χ3v) is 3.51. The molecule has 3 atom stereocenters. The van der Waals surface area contributed by atoms with E-state index in [-0.39, 0.29) is 0 Å². The summed E-state index contributed by atoms with van der Waals surface area (Å²) in [5.74, 6) is 3.81. The van der Waals surface area contributed by atoms with Crippen LogP contribution in [0.4, 0.5) is 0 Å². The summed E-state index contributed by atoms with van der Waals surface area (Å²) in [5.41, 5.74) is 0. The molecule has 2 aliphatic carbocycles. The zero-order valence-electron chi connectivity index (χ0n) is 8.45. The Labute approximate surface area is 83.5 Å². The molecule has 1 aromatic rings. The Kier molecular flexibility index (Phi) is 1.83. The highest BCUT2D eigenvalue weighted by Crippen LogP contribution is 2.51. The van der Waals surface area contributed by atoms with Gasteiger partial charge < -0.3 is 5.32 Å². The number of fused-ring (bicyclic) bond motifs is 1. The number of H-pyrrole nitrogens is 1. The lowest BCUT2D eigenvalue weighted by Gasteiger charge is -2.11. The zero-order valence-corrected chi connectivity index (χ0v) is 8.45. The summed E-state index contributed by atoms with van der Waals surface area (Å²) >= 11 is 0. The fraction of sp³-hybridized carbons (Fsp3) is 0.800. The van der Waals surface area contributed by atoms with Gasteiger partial charge >= 0.3 is 0 Å². The molecule has 2 saturated carbocycles. The normalized spacial score (nSPS) is 34.5. The predicted octanol–water partition coefficient (Wildman–Crippen LogP) is 1.00. The molecular weight excluding hydrogens is 176 g/mol. The highest BCUT2D eigenvalue weighted by atomic mass is 15.2. The number of hydrogen-bond acceptors (Lipinski definition) is 3. The second kappa shape index (κ2) is 3.05. The first-order valence-electron chi connectivity index (χ1n) is 5.44. The number of nitrogens with zero attached hydrogens (tertiary/aromatic N) is 2. The summed E-state index contributed by atoms with van der Waals surface area (Å²) in [7, 11) is 0. The Bertz CT molecular complexity index is 333. The first-order chi connectivity index (χ1) is 6.83. The summed E-state index contributed by atoms with van der Waals surface area (Å²) in [6.45, 7) is 2.75. The van der Waals surface area contributed by atoms with Crippen LogP contribution in [0.2, 0.25) is 0 Å². The van der Waals surface area contributed by atoms with Crippen molar-refractivity contribution in [3.05, 3.63) is 11.6 Å². The van der Waals surface area contributed by atoms with Crippen LogP contribution in [-0.4, -0.2) is 21.2 Å². The van der Waals surface area contributed by atoms with Gasteiger partial charge in [0.25, 0.3) is 0 Å². The third kappa shape index (κ3) is 1.43. The van der Waals surface area contributed by atoms with Gasteiger partial charge in [0.05, 0.1) is 6.54 Å². The van der Waals surface area contributed by atoms with E-state index in [1.807, 2.05) is 6.92 Å². The van der Waals surface area contributed by atoms with E-state index in [0.29, 0.717) is 0 Å². The van der Waals surface area contributed by atoms with Crippen LogP contribution in [0.3, 0.4) is 0 Å². The standard InChI is InChI=1S/C10H16N4/c1-6-12-10(14-13-6)5-11-9-3-2-7-4-8(7)9/h7-9,11H,2-5H2,1H3,(H,12,13,14). The molecule has 2 N–H and O–H groups in total. The average Bonchev–Trinajstić information content (AvgIpc) is 2.66. The summed E-state index contributed by atoms with van der Waals surface area (Å²) in [4.78, 5) is 4.28. The van der Waals surface area contributed by atoms with Crippen LogP contribution in [0.1, 0.15) is 30.9 Å². The molecule has 1 heterocycles. The van der Waals surface area contributed by atoms with E-state index < -0.39 is 0 Å². The van der Waals surface area contributed by atoms with Crippen molar-refractivity contribution in [3.8, 4) is 0 Å². The van der Waals surface area contributed by atoms with Crippen molar-refractivity contribution in [2.45, 2.75) is 38.8 Å². The van der Waals surface area contributed by atoms with E-state index in [1.165, 1.54) is 19.3 Å². The van der Waals surface area contributed by atoms with Crippen LogP contribution in [0.15, 0.2) is 0 Å². The zero-order chi connectivity index (χ0) is 9.54. The van der Waals surface area contributed by atoms with E-state index in [0.717, 1.165) is 36.1 Å². The second-order valence-corrected chi connectivity index (χ2v) is 4.56. The van der Waals surface area contributed by atoms with Gasteiger partial charge in [-0.2, -0.15) is 5.10 Å². The topological polar surface area (TPSA) is 53.6 Å². The Hall–Kier alpha value is -0.900. The molecule has 0 saturated heterocycles. The number of aromatic amines is 1. The van der Waals surface area contributed by atoms with Crippen molar-refractivity contribution in [2.75, 3.05) is 0 Å². The first-order valence-corrected chi connectivity index (χ1v) is 5.44. The maximum atomic E-state index is 4.28. The summed E-state index contributed by atoms with van der Waals surface area (Å²) in [6, 6.07) is 0.735. The number of hydrogen-bond donors (Lipinski definition) is 2. The SMILES string of the molecule is Cc1nc(CNC2CCC3CC32)n[nH]1. The quantitative estimate of drug-likeness (QED) is 0.751. The molecule has 2 fully saturated rings. The number of rotatable bonds is 3. The molecule has 1 aromatic heterocycles. The van der Waals surface area contributed by atoms with Gasteiger partial charge in [0, 0.05) is 6.04 Å². The van der Waals surface area contributed by atoms with Gasteiger partial charge in [0.15, 0.2) is 5.82 Å². The molecule has 3 rings (SSSR count). The molecule has 3 unspecified atom stereocenters. The lowest BCUT2D eigenvalue weighted by molar-refractivity contribution is 0.467. The highest BCUT2D eigenvalue weighted by molar-refractivity contribution is 5.01. The van der Waals surface area contributed by atoms with Gasteiger partial charge in [0.2, 0.25) is 0 Å². The Morgan fingerprint density at radius 2 is 2.43 bits per heavy atom. The van der Waals surface area contributed by atoms with E-state index >= 15 is 0 Å². The summed E-state index contributed by atoms with van der Waals surface area (Å²) in [5, 5.41) is 10.5.